The van der Waals surface area contributed by atoms with Crippen LogP contribution in [0.5, 0.6) is 0 Å². The SMILES string of the molecule is COC(=O)c1cc(C(=C(C#N)C#N)C(=C(C#N)C#N)C(=C(C#N)C#N)C(=C(C#N)C#N)c2cc(C(=O)OC)c3cc(C(C)C)cccc2-3)c2cccc(C(C)C)cc1-2. The molecule has 0 saturated heterocycles. The van der Waals surface area contributed by atoms with E-state index in [0.29, 0.717) is 11.1 Å². The molecule has 0 bridgehead atoms. The number of nitriles is 8. The van der Waals surface area contributed by atoms with Crippen LogP contribution in [0.2, 0.25) is 0 Å². The molecule has 0 aromatic carbocycles. The van der Waals surface area contributed by atoms with Crippen LogP contribution in [0.15, 0.2) is 94.1 Å². The first-order valence-corrected chi connectivity index (χ1v) is 17.4. The van der Waals surface area contributed by atoms with E-state index in [2.05, 4.69) is 0 Å². The quantitative estimate of drug-likeness (QED) is 0.0883. The Morgan fingerprint density at radius 1 is 0.448 bits per heavy atom. The van der Waals surface area contributed by atoms with Crippen LogP contribution in [0.1, 0.15) is 82.5 Å². The Morgan fingerprint density at radius 3 is 1.02 bits per heavy atom. The van der Waals surface area contributed by atoms with Gasteiger partial charge >= 0.3 is 11.9 Å². The number of allylic oxidation sites excluding steroid dienone is 8. The number of nitrogens with zero attached hydrogens (tertiary/aromatic N) is 8. The van der Waals surface area contributed by atoms with Gasteiger partial charge in [0, 0.05) is 22.3 Å². The third kappa shape index (κ3) is 7.60. The highest BCUT2D eigenvalue weighted by Gasteiger charge is 2.36. The molecule has 58 heavy (non-hydrogen) atoms. The largest absolute Gasteiger partial charge is 0.465 e. The number of hydrogen-bond donors (Lipinski definition) is 0. The lowest BCUT2D eigenvalue weighted by atomic mass is 9.77. The highest BCUT2D eigenvalue weighted by Crippen LogP contribution is 2.50. The predicted molar refractivity (Wildman–Crippen MR) is 210 cm³/mol. The molecule has 0 fully saturated rings. The fourth-order valence-corrected chi connectivity index (χ4v) is 6.57. The van der Waals surface area contributed by atoms with Crippen molar-refractivity contribution in [2.45, 2.75) is 39.5 Å². The maximum absolute atomic E-state index is 13.4. The molecule has 0 aromatic rings. The molecule has 0 saturated carbocycles. The molecule has 4 aliphatic rings. The number of carbonyl (C=O) groups excluding carboxylic acids is 2. The topological polar surface area (TPSA) is 243 Å². The van der Waals surface area contributed by atoms with Crippen molar-refractivity contribution in [1.82, 2.24) is 0 Å². The molecule has 12 heteroatoms. The fraction of sp³-hybridized carbons (Fsp3) is 0.174. The van der Waals surface area contributed by atoms with Gasteiger partial charge in [-0.05, 0) is 68.5 Å². The standard InChI is InChI=1S/C46H30N8O4/c1-25(2)27-9-7-11-33-35(13-27)39(45(55)57-5)15-37(33)41(29(17-47)18-48)43(31(21-51)22-52)44(32(23-53)24-54)42(30(19-49)20-50)38-16-40(46(56)58-6)36-14-28(26(3)4)10-8-12-34(36)38/h7-16,25-26H,1-6H3. The number of rotatable bonds is 9. The molecule has 4 aliphatic carbocycles. The second kappa shape index (κ2) is 18.0. The predicted octanol–water partition coefficient (Wildman–Crippen LogP) is 8.71. The fourth-order valence-electron chi connectivity index (χ4n) is 6.57. The molecule has 0 unspecified atom stereocenters. The molecular formula is C46H30N8O4. The zero-order valence-corrected chi connectivity index (χ0v) is 32.1. The van der Waals surface area contributed by atoms with Crippen molar-refractivity contribution in [1.29, 1.82) is 42.1 Å². The van der Waals surface area contributed by atoms with Gasteiger partial charge in [0.2, 0.25) is 0 Å². The molecule has 0 atom stereocenters. The van der Waals surface area contributed by atoms with Crippen LogP contribution in [-0.2, 0) is 9.47 Å². The third-order valence-electron chi connectivity index (χ3n) is 9.37. The van der Waals surface area contributed by atoms with E-state index in [1.165, 1.54) is 12.1 Å². The van der Waals surface area contributed by atoms with E-state index in [1.54, 1.807) is 97.1 Å². The Labute approximate surface area is 335 Å². The molecule has 12 nitrogen and oxygen atoms in total. The first-order chi connectivity index (χ1) is 27.8. The molecule has 0 N–H and O–H groups in total. The van der Waals surface area contributed by atoms with Crippen LogP contribution >= 0.6 is 0 Å². The lowest BCUT2D eigenvalue weighted by Gasteiger charge is -2.20. The van der Waals surface area contributed by atoms with Gasteiger partial charge in [-0.15, -0.1) is 0 Å². The van der Waals surface area contributed by atoms with Gasteiger partial charge in [-0.25, -0.2) is 9.59 Å². The number of methoxy groups -OCH3 is 2. The summed E-state index contributed by atoms with van der Waals surface area (Å²) in [5.41, 5.74) is -2.89. The monoisotopic (exact) mass is 758 g/mol. The minimum atomic E-state index is -0.836. The summed E-state index contributed by atoms with van der Waals surface area (Å²) in [6.45, 7) is 7.69. The van der Waals surface area contributed by atoms with Gasteiger partial charge in [0.05, 0.1) is 25.3 Å². The van der Waals surface area contributed by atoms with Crippen molar-refractivity contribution in [3.8, 4) is 70.8 Å². The van der Waals surface area contributed by atoms with Crippen LogP contribution in [0, 0.1) is 90.6 Å². The van der Waals surface area contributed by atoms with Crippen LogP contribution in [0.4, 0.5) is 0 Å². The Kier molecular flexibility index (Phi) is 13.0. The Hall–Kier alpha value is -8.78. The van der Waals surface area contributed by atoms with Gasteiger partial charge < -0.3 is 9.47 Å². The van der Waals surface area contributed by atoms with Crippen LogP contribution in [-0.4, -0.2) is 26.2 Å². The van der Waals surface area contributed by atoms with E-state index in [1.807, 2.05) is 27.7 Å². The van der Waals surface area contributed by atoms with E-state index >= 15 is 0 Å². The third-order valence-corrected chi connectivity index (χ3v) is 9.37. The van der Waals surface area contributed by atoms with Crippen LogP contribution in [0.3, 0.4) is 0 Å². The van der Waals surface area contributed by atoms with Crippen molar-refractivity contribution < 1.29 is 19.1 Å². The summed E-state index contributed by atoms with van der Waals surface area (Å²) in [6, 6.07) is 30.2. The van der Waals surface area contributed by atoms with Gasteiger partial charge in [-0.3, -0.25) is 0 Å². The Balaban J connectivity index is 2.41. The molecule has 0 amide bonds. The van der Waals surface area contributed by atoms with Gasteiger partial charge in [0.15, 0.2) is 0 Å². The summed E-state index contributed by atoms with van der Waals surface area (Å²) < 4.78 is 10.2. The first kappa shape index (κ1) is 42.0. The van der Waals surface area contributed by atoms with Crippen molar-refractivity contribution in [3.05, 3.63) is 127 Å². The molecule has 0 spiro atoms. The summed E-state index contributed by atoms with van der Waals surface area (Å²) in [5.74, 6) is -1.70. The number of carbonyl (C=O) groups is 2. The van der Waals surface area contributed by atoms with Gasteiger partial charge in [-0.2, -0.15) is 42.1 Å². The average Bonchev–Trinajstić information content (AvgIpc) is 3.54. The second-order valence-corrected chi connectivity index (χ2v) is 13.1. The van der Waals surface area contributed by atoms with Gasteiger partial charge in [0.1, 0.15) is 70.8 Å². The minimum absolute atomic E-state index is 0.0248. The highest BCUT2D eigenvalue weighted by atomic mass is 16.5. The number of hydrogen-bond acceptors (Lipinski definition) is 12. The molecule has 4 rings (SSSR count). The molecule has 0 aromatic heterocycles. The normalized spacial score (nSPS) is 9.86. The van der Waals surface area contributed by atoms with Gasteiger partial charge in [0.25, 0.3) is 0 Å². The highest BCUT2D eigenvalue weighted by molar-refractivity contribution is 6.12. The molecule has 0 radical (unpaired) electrons. The lowest BCUT2D eigenvalue weighted by molar-refractivity contribution is 0.0593. The van der Waals surface area contributed by atoms with E-state index in [4.69, 9.17) is 9.47 Å². The van der Waals surface area contributed by atoms with Crippen molar-refractivity contribution >= 4 is 23.1 Å². The summed E-state index contributed by atoms with van der Waals surface area (Å²) >= 11 is 0. The maximum atomic E-state index is 13.4. The number of fused-ring (bicyclic) bond motifs is 2. The van der Waals surface area contributed by atoms with Crippen molar-refractivity contribution in [2.24, 2.45) is 0 Å². The summed E-state index contributed by atoms with van der Waals surface area (Å²) in [4.78, 5) is 26.7. The van der Waals surface area contributed by atoms with Crippen LogP contribution < -0.4 is 0 Å². The minimum Gasteiger partial charge on any atom is -0.465 e. The number of ether oxygens (including phenoxy) is 2. The molecule has 278 valence electrons. The molecule has 0 aliphatic heterocycles. The van der Waals surface area contributed by atoms with Gasteiger partial charge in [-0.1, -0.05) is 76.2 Å². The molecule has 0 heterocycles. The van der Waals surface area contributed by atoms with E-state index in [9.17, 15) is 51.7 Å². The Bertz CT molecular complexity index is 2570. The number of esters is 2. The van der Waals surface area contributed by atoms with Crippen molar-refractivity contribution in [3.63, 3.8) is 0 Å². The van der Waals surface area contributed by atoms with Crippen LogP contribution in [0.25, 0.3) is 33.4 Å². The Morgan fingerprint density at radius 2 is 0.759 bits per heavy atom. The van der Waals surface area contributed by atoms with E-state index < -0.39 is 56.5 Å². The van der Waals surface area contributed by atoms with Crippen molar-refractivity contribution in [2.75, 3.05) is 14.2 Å². The first-order valence-electron chi connectivity index (χ1n) is 17.4. The molecular weight excluding hydrogens is 729 g/mol. The lowest BCUT2D eigenvalue weighted by Crippen LogP contribution is -2.08. The summed E-state index contributed by atoms with van der Waals surface area (Å²) in [5, 5.41) is 84.5. The zero-order chi connectivity index (χ0) is 42.8. The summed E-state index contributed by atoms with van der Waals surface area (Å²) in [6.07, 6.45) is 0. The zero-order valence-electron chi connectivity index (χ0n) is 32.1. The van der Waals surface area contributed by atoms with E-state index in [0.717, 1.165) is 25.3 Å². The maximum Gasteiger partial charge on any atom is 0.338 e. The smallest absolute Gasteiger partial charge is 0.338 e. The second-order valence-electron chi connectivity index (χ2n) is 13.1. The van der Waals surface area contributed by atoms with E-state index in [-0.39, 0.29) is 45.2 Å². The average molecular weight is 759 g/mol. The summed E-state index contributed by atoms with van der Waals surface area (Å²) in [7, 11) is 2.31.